The minimum absolute atomic E-state index is 0.164. The van der Waals surface area contributed by atoms with E-state index in [4.69, 9.17) is 5.73 Å². The Kier molecular flexibility index (Phi) is 5.08. The number of likely N-dealkylation sites (N-methyl/N-ethyl adjacent to an activating group) is 1. The summed E-state index contributed by atoms with van der Waals surface area (Å²) in [4.78, 5) is 14.5. The summed E-state index contributed by atoms with van der Waals surface area (Å²) in [6, 6.07) is 0.685. The highest BCUT2D eigenvalue weighted by molar-refractivity contribution is 5.85. The van der Waals surface area contributed by atoms with Crippen LogP contribution < -0.4 is 11.1 Å². The minimum Gasteiger partial charge on any atom is -0.368 e. The van der Waals surface area contributed by atoms with Gasteiger partial charge in [0, 0.05) is 12.6 Å². The monoisotopic (exact) mass is 281 g/mol. The molecule has 4 unspecified atom stereocenters. The third-order valence-corrected chi connectivity index (χ3v) is 5.72. The zero-order chi connectivity index (χ0) is 14.8. The molecule has 0 bridgehead atoms. The lowest BCUT2D eigenvalue weighted by molar-refractivity contribution is -0.125. The molecule has 0 aromatic rings. The van der Waals surface area contributed by atoms with Crippen LogP contribution in [0.3, 0.4) is 0 Å². The number of carbonyl (C=O) groups excluding carboxylic acids is 1. The molecule has 1 saturated heterocycles. The van der Waals surface area contributed by atoms with Crippen molar-refractivity contribution in [1.29, 1.82) is 0 Å². The van der Waals surface area contributed by atoms with Crippen molar-refractivity contribution < 1.29 is 4.79 Å². The Morgan fingerprint density at radius 1 is 1.35 bits per heavy atom. The molecule has 0 aromatic carbocycles. The zero-order valence-corrected chi connectivity index (χ0v) is 13.3. The Morgan fingerprint density at radius 2 is 2.10 bits per heavy atom. The van der Waals surface area contributed by atoms with E-state index in [-0.39, 0.29) is 5.91 Å². The molecule has 1 heterocycles. The van der Waals surface area contributed by atoms with Gasteiger partial charge in [0.05, 0.1) is 0 Å². The summed E-state index contributed by atoms with van der Waals surface area (Å²) in [5, 5.41) is 3.24. The van der Waals surface area contributed by atoms with Crippen LogP contribution in [0, 0.1) is 11.8 Å². The van der Waals surface area contributed by atoms with Crippen LogP contribution in [-0.2, 0) is 4.79 Å². The van der Waals surface area contributed by atoms with Crippen LogP contribution in [0.15, 0.2) is 0 Å². The van der Waals surface area contributed by atoms with Gasteiger partial charge in [-0.1, -0.05) is 13.3 Å². The molecule has 1 amide bonds. The lowest BCUT2D eigenvalue weighted by Crippen LogP contribution is -2.57. The molecule has 1 saturated carbocycles. The molecule has 0 radical (unpaired) electrons. The number of rotatable bonds is 5. The van der Waals surface area contributed by atoms with Crippen LogP contribution in [0.5, 0.6) is 0 Å². The number of nitrogens with one attached hydrogen (secondary N) is 1. The molecule has 2 aliphatic rings. The summed E-state index contributed by atoms with van der Waals surface area (Å²) in [6.07, 6.45) is 6.87. The molecule has 4 nitrogen and oxygen atoms in total. The second-order valence-corrected chi connectivity index (χ2v) is 6.99. The molecule has 0 spiro atoms. The first-order chi connectivity index (χ1) is 9.49. The van der Waals surface area contributed by atoms with Crippen LogP contribution in [0.4, 0.5) is 0 Å². The Balaban J connectivity index is 1.94. The Morgan fingerprint density at radius 3 is 2.75 bits per heavy atom. The van der Waals surface area contributed by atoms with E-state index in [0.717, 1.165) is 38.1 Å². The van der Waals surface area contributed by atoms with Crippen molar-refractivity contribution in [3.8, 4) is 0 Å². The summed E-state index contributed by atoms with van der Waals surface area (Å²) in [5.41, 5.74) is 5.22. The number of primary amides is 1. The van der Waals surface area contributed by atoms with Crippen molar-refractivity contribution in [2.24, 2.45) is 17.6 Å². The third-order valence-electron chi connectivity index (χ3n) is 5.72. The molecule has 1 aliphatic carbocycles. The van der Waals surface area contributed by atoms with E-state index in [2.05, 4.69) is 24.1 Å². The van der Waals surface area contributed by atoms with Gasteiger partial charge in [-0.3, -0.25) is 4.79 Å². The number of likely N-dealkylation sites (tertiary alicyclic amines) is 1. The predicted octanol–water partition coefficient (Wildman–Crippen LogP) is 1.74. The fraction of sp³-hybridized carbons (Fsp3) is 0.938. The molecule has 20 heavy (non-hydrogen) atoms. The van der Waals surface area contributed by atoms with Crippen molar-refractivity contribution in [2.75, 3.05) is 20.1 Å². The van der Waals surface area contributed by atoms with Gasteiger partial charge >= 0.3 is 0 Å². The fourth-order valence-electron chi connectivity index (χ4n) is 4.26. The van der Waals surface area contributed by atoms with Gasteiger partial charge < -0.3 is 16.0 Å². The number of hydrogen-bond donors (Lipinski definition) is 2. The van der Waals surface area contributed by atoms with Crippen LogP contribution in [0.1, 0.15) is 52.4 Å². The maximum atomic E-state index is 11.9. The summed E-state index contributed by atoms with van der Waals surface area (Å²) >= 11 is 0. The molecule has 116 valence electrons. The zero-order valence-electron chi connectivity index (χ0n) is 13.3. The van der Waals surface area contributed by atoms with Crippen LogP contribution in [0.25, 0.3) is 0 Å². The maximum absolute atomic E-state index is 11.9. The van der Waals surface area contributed by atoms with Crippen molar-refractivity contribution in [3.63, 3.8) is 0 Å². The lowest BCUT2D eigenvalue weighted by atomic mass is 9.83. The van der Waals surface area contributed by atoms with Crippen molar-refractivity contribution in [3.05, 3.63) is 0 Å². The average Bonchev–Trinajstić information content (AvgIpc) is 2.84. The van der Waals surface area contributed by atoms with Crippen LogP contribution in [-0.4, -0.2) is 42.5 Å². The summed E-state index contributed by atoms with van der Waals surface area (Å²) in [5.74, 6) is 1.04. The van der Waals surface area contributed by atoms with Gasteiger partial charge in [-0.25, -0.2) is 0 Å². The van der Waals surface area contributed by atoms with Crippen molar-refractivity contribution in [2.45, 2.75) is 64.0 Å². The van der Waals surface area contributed by atoms with E-state index in [9.17, 15) is 4.79 Å². The quantitative estimate of drug-likeness (QED) is 0.807. The van der Waals surface area contributed by atoms with Gasteiger partial charge in [-0.2, -0.15) is 0 Å². The fourth-order valence-corrected chi connectivity index (χ4v) is 4.26. The largest absolute Gasteiger partial charge is 0.368 e. The van der Waals surface area contributed by atoms with Gasteiger partial charge in [0.25, 0.3) is 0 Å². The highest BCUT2D eigenvalue weighted by atomic mass is 16.1. The van der Waals surface area contributed by atoms with Crippen molar-refractivity contribution in [1.82, 2.24) is 10.2 Å². The molecule has 0 aromatic heterocycles. The lowest BCUT2D eigenvalue weighted by Gasteiger charge is -2.39. The molecule has 4 atom stereocenters. The molecular formula is C16H31N3O. The first-order valence-electron chi connectivity index (χ1n) is 8.22. The molecule has 2 fully saturated rings. The number of piperidine rings is 1. The average molecular weight is 281 g/mol. The number of amides is 1. The smallest absolute Gasteiger partial charge is 0.238 e. The van der Waals surface area contributed by atoms with E-state index in [1.54, 1.807) is 0 Å². The van der Waals surface area contributed by atoms with E-state index < -0.39 is 5.54 Å². The molecule has 4 heteroatoms. The standard InChI is InChI=1S/C16H31N3O/c1-12-6-7-13(2)19(11-12)10-8-14-5-4-9-16(14,18-3)15(17)20/h12-14,18H,4-11H2,1-3H3,(H2,17,20). The number of carbonyl (C=O) groups is 1. The van der Waals surface area contributed by atoms with Gasteiger partial charge in [-0.15, -0.1) is 0 Å². The molecule has 3 N–H and O–H groups in total. The van der Waals surface area contributed by atoms with Gasteiger partial charge in [0.15, 0.2) is 0 Å². The highest BCUT2D eigenvalue weighted by Crippen LogP contribution is 2.38. The molecule has 1 aliphatic heterocycles. The number of hydrogen-bond acceptors (Lipinski definition) is 3. The van der Waals surface area contributed by atoms with Gasteiger partial charge in [-0.05, 0) is 64.5 Å². The van der Waals surface area contributed by atoms with E-state index >= 15 is 0 Å². The van der Waals surface area contributed by atoms with E-state index in [1.165, 1.54) is 19.4 Å². The Bertz CT molecular complexity index is 347. The normalized spacial score (nSPS) is 39.0. The van der Waals surface area contributed by atoms with Gasteiger partial charge in [0.1, 0.15) is 5.54 Å². The summed E-state index contributed by atoms with van der Waals surface area (Å²) in [6.45, 7) is 6.99. The van der Waals surface area contributed by atoms with Gasteiger partial charge in [0.2, 0.25) is 5.91 Å². The van der Waals surface area contributed by atoms with Crippen LogP contribution >= 0.6 is 0 Å². The first kappa shape index (κ1) is 15.8. The predicted molar refractivity (Wildman–Crippen MR) is 82.4 cm³/mol. The molecular weight excluding hydrogens is 250 g/mol. The minimum atomic E-state index is -0.454. The topological polar surface area (TPSA) is 58.4 Å². The molecule has 2 rings (SSSR count). The van der Waals surface area contributed by atoms with E-state index in [0.29, 0.717) is 12.0 Å². The SMILES string of the molecule is CNC1(C(N)=O)CCCC1CCN1CC(C)CCC1C. The van der Waals surface area contributed by atoms with E-state index in [1.807, 2.05) is 7.05 Å². The second-order valence-electron chi connectivity index (χ2n) is 6.99. The number of nitrogens with zero attached hydrogens (tertiary/aromatic N) is 1. The van der Waals surface area contributed by atoms with Crippen molar-refractivity contribution >= 4 is 5.91 Å². The third kappa shape index (κ3) is 3.01. The maximum Gasteiger partial charge on any atom is 0.238 e. The Labute approximate surface area is 123 Å². The van der Waals surface area contributed by atoms with Crippen LogP contribution in [0.2, 0.25) is 0 Å². The second kappa shape index (κ2) is 6.44. The summed E-state index contributed by atoms with van der Waals surface area (Å²) < 4.78 is 0. The highest BCUT2D eigenvalue weighted by Gasteiger charge is 2.46. The first-order valence-corrected chi connectivity index (χ1v) is 8.22. The number of nitrogens with two attached hydrogens (primary N) is 1. The Hall–Kier alpha value is -0.610. The summed E-state index contributed by atoms with van der Waals surface area (Å²) in [7, 11) is 1.88.